The van der Waals surface area contributed by atoms with Gasteiger partial charge in [-0.1, -0.05) is 41.9 Å². The molecule has 5 heteroatoms. The van der Waals surface area contributed by atoms with E-state index in [4.69, 9.17) is 16.3 Å². The van der Waals surface area contributed by atoms with E-state index in [0.29, 0.717) is 11.6 Å². The van der Waals surface area contributed by atoms with Crippen LogP contribution >= 0.6 is 11.6 Å². The first-order valence-corrected chi connectivity index (χ1v) is 7.08. The molecular formula is C15H20ClN3O. The van der Waals surface area contributed by atoms with Crippen molar-refractivity contribution in [2.75, 3.05) is 13.7 Å². The van der Waals surface area contributed by atoms with Crippen LogP contribution in [-0.4, -0.2) is 23.4 Å². The number of nitrogens with one attached hydrogen (secondary N) is 1. The van der Waals surface area contributed by atoms with Gasteiger partial charge in [0.2, 0.25) is 0 Å². The topological polar surface area (TPSA) is 39.1 Å². The van der Waals surface area contributed by atoms with Crippen LogP contribution in [0, 0.1) is 0 Å². The minimum atomic E-state index is -0.112. The Morgan fingerprint density at radius 2 is 2.05 bits per heavy atom. The van der Waals surface area contributed by atoms with Crippen LogP contribution in [0.1, 0.15) is 30.3 Å². The Hall–Kier alpha value is -1.36. The summed E-state index contributed by atoms with van der Waals surface area (Å²) < 4.78 is 7.74. The van der Waals surface area contributed by atoms with E-state index in [0.717, 1.165) is 11.3 Å². The quantitative estimate of drug-likeness (QED) is 0.889. The van der Waals surface area contributed by atoms with Gasteiger partial charge in [0.25, 0.3) is 0 Å². The van der Waals surface area contributed by atoms with Crippen LogP contribution in [0.25, 0.3) is 0 Å². The minimum absolute atomic E-state index is 0.0580. The van der Waals surface area contributed by atoms with Crippen molar-refractivity contribution < 1.29 is 4.74 Å². The minimum Gasteiger partial charge on any atom is -0.372 e. The summed E-state index contributed by atoms with van der Waals surface area (Å²) in [5, 5.41) is 8.16. The number of ether oxygens (including phenoxy) is 1. The summed E-state index contributed by atoms with van der Waals surface area (Å²) in [7, 11) is 3.79. The highest BCUT2D eigenvalue weighted by Crippen LogP contribution is 2.34. The molecular weight excluding hydrogens is 274 g/mol. The Labute approximate surface area is 124 Å². The van der Waals surface area contributed by atoms with Crippen molar-refractivity contribution in [3.63, 3.8) is 0 Å². The molecule has 1 aromatic heterocycles. The first kappa shape index (κ1) is 15.0. The third-order valence-corrected chi connectivity index (χ3v) is 3.61. The molecule has 0 aliphatic rings. The summed E-state index contributed by atoms with van der Waals surface area (Å²) in [6, 6.07) is 10.1. The number of aromatic nitrogens is 2. The molecule has 1 N–H and O–H groups in total. The molecule has 0 spiro atoms. The zero-order valence-corrected chi connectivity index (χ0v) is 12.8. The van der Waals surface area contributed by atoms with Gasteiger partial charge in [0.1, 0.15) is 6.10 Å². The van der Waals surface area contributed by atoms with E-state index in [1.165, 1.54) is 0 Å². The Kier molecular flexibility index (Phi) is 5.17. The van der Waals surface area contributed by atoms with Gasteiger partial charge in [-0.05, 0) is 19.5 Å². The number of hydrogen-bond acceptors (Lipinski definition) is 3. The lowest BCUT2D eigenvalue weighted by Crippen LogP contribution is -2.28. The predicted molar refractivity (Wildman–Crippen MR) is 80.8 cm³/mol. The van der Waals surface area contributed by atoms with Gasteiger partial charge < -0.3 is 10.1 Å². The van der Waals surface area contributed by atoms with E-state index in [1.807, 2.05) is 39.2 Å². The van der Waals surface area contributed by atoms with Crippen LogP contribution < -0.4 is 5.32 Å². The maximum Gasteiger partial charge on any atom is 0.103 e. The Bertz CT molecular complexity index is 522. The van der Waals surface area contributed by atoms with Gasteiger partial charge in [-0.25, -0.2) is 0 Å². The monoisotopic (exact) mass is 293 g/mol. The fourth-order valence-corrected chi connectivity index (χ4v) is 2.69. The summed E-state index contributed by atoms with van der Waals surface area (Å²) in [6.07, 6.45) is 1.55. The van der Waals surface area contributed by atoms with E-state index in [9.17, 15) is 0 Å². The lowest BCUT2D eigenvalue weighted by atomic mass is 9.99. The van der Waals surface area contributed by atoms with Crippen molar-refractivity contribution in [2.45, 2.75) is 19.1 Å². The first-order chi connectivity index (χ1) is 9.69. The number of nitrogens with zero attached hydrogens (tertiary/aromatic N) is 2. The molecule has 2 unspecified atom stereocenters. The smallest absolute Gasteiger partial charge is 0.103 e. The fourth-order valence-electron chi connectivity index (χ4n) is 2.41. The van der Waals surface area contributed by atoms with Crippen LogP contribution in [0.2, 0.25) is 5.02 Å². The molecule has 2 rings (SSSR count). The molecule has 0 radical (unpaired) electrons. The van der Waals surface area contributed by atoms with Crippen LogP contribution in [0.3, 0.4) is 0 Å². The SMILES string of the molecule is CCOC(c1ccccc1)C(NC)c1c(Cl)cnn1C. The molecule has 0 fully saturated rings. The molecule has 0 saturated heterocycles. The standard InChI is InChI=1S/C15H20ClN3O/c1-4-20-15(11-8-6-5-7-9-11)13(17-2)14-12(16)10-18-19(14)3/h5-10,13,15,17H,4H2,1-3H3. The largest absolute Gasteiger partial charge is 0.372 e. The second kappa shape index (κ2) is 6.88. The first-order valence-electron chi connectivity index (χ1n) is 6.70. The molecule has 0 aliphatic carbocycles. The molecule has 1 aromatic carbocycles. The van der Waals surface area contributed by atoms with Gasteiger partial charge in [0.05, 0.1) is 23.0 Å². The van der Waals surface area contributed by atoms with Gasteiger partial charge in [-0.2, -0.15) is 5.10 Å². The lowest BCUT2D eigenvalue weighted by molar-refractivity contribution is 0.0327. The van der Waals surface area contributed by atoms with Crippen molar-refractivity contribution in [3.05, 3.63) is 52.8 Å². The second-order valence-electron chi connectivity index (χ2n) is 4.55. The maximum atomic E-state index is 6.27. The molecule has 0 aliphatic heterocycles. The highest BCUT2D eigenvalue weighted by molar-refractivity contribution is 6.31. The average molecular weight is 294 g/mol. The van der Waals surface area contributed by atoms with Crippen molar-refractivity contribution in [1.82, 2.24) is 15.1 Å². The van der Waals surface area contributed by atoms with Crippen LogP contribution in [0.4, 0.5) is 0 Å². The number of hydrogen-bond donors (Lipinski definition) is 1. The molecule has 4 nitrogen and oxygen atoms in total. The Morgan fingerprint density at radius 3 is 2.55 bits per heavy atom. The predicted octanol–water partition coefficient (Wildman–Crippen LogP) is 3.11. The number of halogens is 1. The Morgan fingerprint density at radius 1 is 1.35 bits per heavy atom. The number of benzene rings is 1. The lowest BCUT2D eigenvalue weighted by Gasteiger charge is -2.27. The molecule has 2 atom stereocenters. The van der Waals surface area contributed by atoms with E-state index < -0.39 is 0 Å². The zero-order chi connectivity index (χ0) is 14.5. The van der Waals surface area contributed by atoms with E-state index in [-0.39, 0.29) is 12.1 Å². The molecule has 108 valence electrons. The third kappa shape index (κ3) is 3.03. The molecule has 1 heterocycles. The van der Waals surface area contributed by atoms with Crippen molar-refractivity contribution in [2.24, 2.45) is 7.05 Å². The summed E-state index contributed by atoms with van der Waals surface area (Å²) >= 11 is 6.27. The highest BCUT2D eigenvalue weighted by Gasteiger charge is 2.28. The summed E-state index contributed by atoms with van der Waals surface area (Å²) in [5.74, 6) is 0. The van der Waals surface area contributed by atoms with Crippen LogP contribution in [0.5, 0.6) is 0 Å². The average Bonchev–Trinajstić information content (AvgIpc) is 2.80. The van der Waals surface area contributed by atoms with Gasteiger partial charge in [0.15, 0.2) is 0 Å². The molecule has 0 amide bonds. The summed E-state index contributed by atoms with van der Waals surface area (Å²) in [5.41, 5.74) is 2.04. The van der Waals surface area contributed by atoms with Gasteiger partial charge >= 0.3 is 0 Å². The number of aryl methyl sites for hydroxylation is 1. The summed E-state index contributed by atoms with van der Waals surface area (Å²) in [4.78, 5) is 0. The zero-order valence-electron chi connectivity index (χ0n) is 12.0. The summed E-state index contributed by atoms with van der Waals surface area (Å²) in [6.45, 7) is 2.63. The van der Waals surface area contributed by atoms with Crippen LogP contribution in [0.15, 0.2) is 36.5 Å². The van der Waals surface area contributed by atoms with Crippen molar-refractivity contribution in [1.29, 1.82) is 0 Å². The molecule has 2 aromatic rings. The van der Waals surface area contributed by atoms with E-state index in [1.54, 1.807) is 10.9 Å². The van der Waals surface area contributed by atoms with Gasteiger partial charge in [0, 0.05) is 13.7 Å². The van der Waals surface area contributed by atoms with E-state index >= 15 is 0 Å². The van der Waals surface area contributed by atoms with E-state index in [2.05, 4.69) is 22.5 Å². The number of likely N-dealkylation sites (N-methyl/N-ethyl adjacent to an activating group) is 1. The molecule has 0 bridgehead atoms. The third-order valence-electron chi connectivity index (χ3n) is 3.32. The molecule has 20 heavy (non-hydrogen) atoms. The maximum absolute atomic E-state index is 6.27. The van der Waals surface area contributed by atoms with Gasteiger partial charge in [-0.3, -0.25) is 4.68 Å². The normalized spacial score (nSPS) is 14.2. The highest BCUT2D eigenvalue weighted by atomic mass is 35.5. The van der Waals surface area contributed by atoms with Crippen molar-refractivity contribution in [3.8, 4) is 0 Å². The van der Waals surface area contributed by atoms with Crippen molar-refractivity contribution >= 4 is 11.6 Å². The second-order valence-corrected chi connectivity index (χ2v) is 4.96. The Balaban J connectivity index is 2.41. The number of rotatable bonds is 6. The fraction of sp³-hybridized carbons (Fsp3) is 0.400. The van der Waals surface area contributed by atoms with Gasteiger partial charge in [-0.15, -0.1) is 0 Å². The molecule has 0 saturated carbocycles. The van der Waals surface area contributed by atoms with Crippen LogP contribution in [-0.2, 0) is 11.8 Å².